The summed E-state index contributed by atoms with van der Waals surface area (Å²) in [5.41, 5.74) is 1.46. The molecule has 2 aliphatic rings. The van der Waals surface area contributed by atoms with Crippen LogP contribution in [0.5, 0.6) is 0 Å². The highest BCUT2D eigenvalue weighted by Crippen LogP contribution is 2.33. The molecule has 0 N–H and O–H groups in total. The van der Waals surface area contributed by atoms with Crippen molar-refractivity contribution >= 4 is 5.91 Å². The first-order valence-electron chi connectivity index (χ1n) is 7.30. The minimum Gasteiger partial charge on any atom is -0.370 e. The second kappa shape index (κ2) is 5.56. The molecule has 1 fully saturated rings. The van der Waals surface area contributed by atoms with Crippen LogP contribution in [-0.2, 0) is 4.74 Å². The van der Waals surface area contributed by atoms with Gasteiger partial charge in [-0.25, -0.2) is 4.39 Å². The van der Waals surface area contributed by atoms with Crippen LogP contribution in [-0.4, -0.2) is 41.1 Å². The molecule has 2 aliphatic heterocycles. The van der Waals surface area contributed by atoms with Gasteiger partial charge in [0.25, 0.3) is 5.91 Å². The lowest BCUT2D eigenvalue weighted by Gasteiger charge is -2.42. The van der Waals surface area contributed by atoms with Gasteiger partial charge in [0.1, 0.15) is 5.82 Å². The average Bonchev–Trinajstić information content (AvgIpc) is 2.47. The molecule has 1 saturated heterocycles. The van der Waals surface area contributed by atoms with Gasteiger partial charge in [-0.1, -0.05) is 11.6 Å². The van der Waals surface area contributed by atoms with E-state index in [-0.39, 0.29) is 11.5 Å². The fourth-order valence-electron chi connectivity index (χ4n) is 3.07. The van der Waals surface area contributed by atoms with E-state index in [1.807, 2.05) is 0 Å². The number of carbonyl (C=O) groups excluding carboxylic acids is 1. The standard InChI is InChI=1S/C16H19FN2O2/c1-12-2-7-21-16(9-12)3-5-19(6-4-16)15(20)13-8-14(17)11-18-10-13/h8-11H,2-7H2,1H3. The lowest BCUT2D eigenvalue weighted by molar-refractivity contribution is -0.0522. The third kappa shape index (κ3) is 2.97. The van der Waals surface area contributed by atoms with E-state index in [4.69, 9.17) is 4.74 Å². The first-order chi connectivity index (χ1) is 10.1. The number of hydrogen-bond donors (Lipinski definition) is 0. The first-order valence-corrected chi connectivity index (χ1v) is 7.30. The van der Waals surface area contributed by atoms with Gasteiger partial charge in [-0.3, -0.25) is 9.78 Å². The number of ether oxygens (including phenoxy) is 1. The summed E-state index contributed by atoms with van der Waals surface area (Å²) in [6.45, 7) is 4.13. The molecular weight excluding hydrogens is 271 g/mol. The lowest BCUT2D eigenvalue weighted by Crippen LogP contribution is -2.48. The van der Waals surface area contributed by atoms with E-state index in [0.29, 0.717) is 18.7 Å². The molecule has 112 valence electrons. The van der Waals surface area contributed by atoms with Gasteiger partial charge in [-0.15, -0.1) is 0 Å². The van der Waals surface area contributed by atoms with Crippen LogP contribution >= 0.6 is 0 Å². The highest BCUT2D eigenvalue weighted by Gasteiger charge is 2.36. The SMILES string of the molecule is CC1=CC2(CCN(C(=O)c3cncc(F)c3)CC2)OCC1. The average molecular weight is 290 g/mol. The van der Waals surface area contributed by atoms with Gasteiger partial charge < -0.3 is 9.64 Å². The van der Waals surface area contributed by atoms with Gasteiger partial charge in [0.05, 0.1) is 24.0 Å². The molecule has 1 amide bonds. The third-order valence-electron chi connectivity index (χ3n) is 4.24. The molecule has 0 saturated carbocycles. The number of amides is 1. The first kappa shape index (κ1) is 14.2. The van der Waals surface area contributed by atoms with Crippen molar-refractivity contribution in [3.63, 3.8) is 0 Å². The Morgan fingerprint density at radius 2 is 2.14 bits per heavy atom. The number of halogens is 1. The summed E-state index contributed by atoms with van der Waals surface area (Å²) in [4.78, 5) is 17.8. The van der Waals surface area contributed by atoms with Crippen molar-refractivity contribution in [2.24, 2.45) is 0 Å². The molecule has 0 aromatic carbocycles. The molecule has 5 heteroatoms. The summed E-state index contributed by atoms with van der Waals surface area (Å²) in [6, 6.07) is 1.24. The second-order valence-electron chi connectivity index (χ2n) is 5.84. The number of nitrogens with zero attached hydrogens (tertiary/aromatic N) is 2. The molecule has 21 heavy (non-hydrogen) atoms. The quantitative estimate of drug-likeness (QED) is 0.747. The van der Waals surface area contributed by atoms with Crippen molar-refractivity contribution in [1.29, 1.82) is 0 Å². The Labute approximate surface area is 123 Å². The molecule has 3 rings (SSSR count). The number of pyridine rings is 1. The normalized spacial score (nSPS) is 21.2. The van der Waals surface area contributed by atoms with Crippen molar-refractivity contribution in [2.45, 2.75) is 31.8 Å². The number of likely N-dealkylation sites (tertiary alicyclic amines) is 1. The van der Waals surface area contributed by atoms with E-state index >= 15 is 0 Å². The Balaban J connectivity index is 1.68. The summed E-state index contributed by atoms with van der Waals surface area (Å²) in [5.74, 6) is -0.642. The lowest BCUT2D eigenvalue weighted by atomic mass is 9.87. The summed E-state index contributed by atoms with van der Waals surface area (Å²) in [7, 11) is 0. The Morgan fingerprint density at radius 3 is 2.81 bits per heavy atom. The van der Waals surface area contributed by atoms with Crippen LogP contribution in [0.25, 0.3) is 0 Å². The van der Waals surface area contributed by atoms with E-state index in [0.717, 1.165) is 32.1 Å². The van der Waals surface area contributed by atoms with E-state index in [2.05, 4.69) is 18.0 Å². The Hall–Kier alpha value is -1.75. The maximum absolute atomic E-state index is 13.2. The van der Waals surface area contributed by atoms with Crippen molar-refractivity contribution < 1.29 is 13.9 Å². The van der Waals surface area contributed by atoms with Crippen LogP contribution < -0.4 is 0 Å². The summed E-state index contributed by atoms with van der Waals surface area (Å²) >= 11 is 0. The summed E-state index contributed by atoms with van der Waals surface area (Å²) < 4.78 is 19.1. The zero-order valence-electron chi connectivity index (χ0n) is 12.1. The zero-order valence-corrected chi connectivity index (χ0v) is 12.1. The van der Waals surface area contributed by atoms with Gasteiger partial charge in [-0.2, -0.15) is 0 Å². The Bertz CT molecular complexity index is 577. The zero-order chi connectivity index (χ0) is 14.9. The molecule has 0 bridgehead atoms. The van der Waals surface area contributed by atoms with Crippen LogP contribution in [0, 0.1) is 5.82 Å². The van der Waals surface area contributed by atoms with Crippen LogP contribution in [0.15, 0.2) is 30.1 Å². The summed E-state index contributed by atoms with van der Waals surface area (Å²) in [6.07, 6.45) is 7.29. The number of hydrogen-bond acceptors (Lipinski definition) is 3. The predicted octanol–water partition coefficient (Wildman–Crippen LogP) is 2.56. The Kier molecular flexibility index (Phi) is 3.76. The largest absolute Gasteiger partial charge is 0.370 e. The minimum absolute atomic E-state index is 0.159. The number of piperidine rings is 1. The Morgan fingerprint density at radius 1 is 1.38 bits per heavy atom. The van der Waals surface area contributed by atoms with Gasteiger partial charge >= 0.3 is 0 Å². The van der Waals surface area contributed by atoms with Gasteiger partial charge in [0.2, 0.25) is 0 Å². The number of aromatic nitrogens is 1. The van der Waals surface area contributed by atoms with Crippen molar-refractivity contribution in [1.82, 2.24) is 9.88 Å². The van der Waals surface area contributed by atoms with E-state index in [9.17, 15) is 9.18 Å². The van der Waals surface area contributed by atoms with Gasteiger partial charge in [-0.05, 0) is 32.3 Å². The van der Waals surface area contributed by atoms with E-state index in [1.165, 1.54) is 17.8 Å². The van der Waals surface area contributed by atoms with Crippen molar-refractivity contribution in [3.8, 4) is 0 Å². The highest BCUT2D eigenvalue weighted by atomic mass is 19.1. The molecule has 1 aromatic heterocycles. The minimum atomic E-state index is -0.483. The molecule has 0 radical (unpaired) electrons. The van der Waals surface area contributed by atoms with Crippen LogP contribution in [0.1, 0.15) is 36.5 Å². The van der Waals surface area contributed by atoms with E-state index < -0.39 is 5.82 Å². The molecule has 3 heterocycles. The van der Waals surface area contributed by atoms with Crippen LogP contribution in [0.2, 0.25) is 0 Å². The molecule has 0 unspecified atom stereocenters. The molecule has 0 aliphatic carbocycles. The summed E-state index contributed by atoms with van der Waals surface area (Å²) in [5, 5.41) is 0. The maximum atomic E-state index is 13.2. The second-order valence-corrected chi connectivity index (χ2v) is 5.84. The fourth-order valence-corrected chi connectivity index (χ4v) is 3.07. The van der Waals surface area contributed by atoms with Gasteiger partial charge in [0, 0.05) is 19.3 Å². The van der Waals surface area contributed by atoms with Gasteiger partial charge in [0.15, 0.2) is 0 Å². The number of rotatable bonds is 1. The fraction of sp³-hybridized carbons (Fsp3) is 0.500. The maximum Gasteiger partial charge on any atom is 0.255 e. The molecular formula is C16H19FN2O2. The highest BCUT2D eigenvalue weighted by molar-refractivity contribution is 5.94. The topological polar surface area (TPSA) is 42.4 Å². The molecule has 0 atom stereocenters. The smallest absolute Gasteiger partial charge is 0.255 e. The number of carbonyl (C=O) groups is 1. The molecule has 1 aromatic rings. The van der Waals surface area contributed by atoms with Crippen LogP contribution in [0.4, 0.5) is 4.39 Å². The molecule has 4 nitrogen and oxygen atoms in total. The predicted molar refractivity (Wildman–Crippen MR) is 76.4 cm³/mol. The van der Waals surface area contributed by atoms with Crippen LogP contribution in [0.3, 0.4) is 0 Å². The molecule has 1 spiro atoms. The van der Waals surface area contributed by atoms with Crippen molar-refractivity contribution in [3.05, 3.63) is 41.5 Å². The van der Waals surface area contributed by atoms with E-state index in [1.54, 1.807) is 4.90 Å². The van der Waals surface area contributed by atoms with Crippen molar-refractivity contribution in [2.75, 3.05) is 19.7 Å². The monoisotopic (exact) mass is 290 g/mol. The third-order valence-corrected chi connectivity index (χ3v) is 4.24.